The predicted octanol–water partition coefficient (Wildman–Crippen LogP) is 6.58. The third-order valence-corrected chi connectivity index (χ3v) is 4.95. The Kier molecular flexibility index (Phi) is 2.89. The van der Waals surface area contributed by atoms with Crippen LogP contribution in [-0.4, -0.2) is 7.05 Å². The normalized spacial score (nSPS) is 11.6. The Balaban J connectivity index is 1.96. The van der Waals surface area contributed by atoms with Crippen LogP contribution in [0.3, 0.4) is 0 Å². The van der Waals surface area contributed by atoms with Gasteiger partial charge in [0.2, 0.25) is 0 Å². The summed E-state index contributed by atoms with van der Waals surface area (Å²) in [6, 6.07) is 21.7. The van der Waals surface area contributed by atoms with Crippen molar-refractivity contribution >= 4 is 55.0 Å². The topological polar surface area (TPSA) is 25.2 Å². The van der Waals surface area contributed by atoms with Crippen LogP contribution < -0.4 is 5.32 Å². The fourth-order valence-electron chi connectivity index (χ4n) is 3.77. The molecular weight excluding hydrogens is 306 g/mol. The lowest BCUT2D eigenvalue weighted by Gasteiger charge is -2.07. The van der Waals surface area contributed by atoms with Crippen LogP contribution >= 0.6 is 0 Å². The van der Waals surface area contributed by atoms with Gasteiger partial charge in [-0.2, -0.15) is 0 Å². The van der Waals surface area contributed by atoms with Gasteiger partial charge >= 0.3 is 0 Å². The van der Waals surface area contributed by atoms with Gasteiger partial charge in [-0.25, -0.2) is 0 Å². The van der Waals surface area contributed by atoms with E-state index in [1.54, 1.807) is 6.08 Å². The van der Waals surface area contributed by atoms with Gasteiger partial charge in [0.1, 0.15) is 5.58 Å². The monoisotopic (exact) mass is 323 g/mol. The average molecular weight is 323 g/mol. The minimum atomic E-state index is 0.781. The molecule has 0 fully saturated rings. The summed E-state index contributed by atoms with van der Waals surface area (Å²) in [5.41, 5.74) is 1.88. The first kappa shape index (κ1) is 14.1. The number of furan rings is 1. The van der Waals surface area contributed by atoms with Crippen LogP contribution in [0.4, 0.5) is 5.69 Å². The highest BCUT2D eigenvalue weighted by molar-refractivity contribution is 6.17. The molecule has 2 heteroatoms. The lowest BCUT2D eigenvalue weighted by atomic mass is 9.98. The summed E-state index contributed by atoms with van der Waals surface area (Å²) in [7, 11) is 1.92. The Labute approximate surface area is 145 Å². The van der Waals surface area contributed by atoms with E-state index in [1.807, 2.05) is 13.1 Å². The van der Waals surface area contributed by atoms with Crippen LogP contribution in [0.25, 0.3) is 49.4 Å². The Bertz CT molecular complexity index is 1290. The largest absolute Gasteiger partial charge is 0.454 e. The first-order valence-corrected chi connectivity index (χ1v) is 8.40. The van der Waals surface area contributed by atoms with Gasteiger partial charge in [0.25, 0.3) is 0 Å². The molecule has 0 spiro atoms. The molecule has 0 aliphatic carbocycles. The second-order valence-electron chi connectivity index (χ2n) is 6.35. The number of anilines is 1. The second-order valence-corrected chi connectivity index (χ2v) is 6.35. The van der Waals surface area contributed by atoms with Gasteiger partial charge in [-0.05, 0) is 68.7 Å². The number of hydrogen-bond acceptors (Lipinski definition) is 2. The van der Waals surface area contributed by atoms with Gasteiger partial charge in [0, 0.05) is 7.05 Å². The van der Waals surface area contributed by atoms with E-state index in [4.69, 9.17) is 4.42 Å². The summed E-state index contributed by atoms with van der Waals surface area (Å²) in [4.78, 5) is 0. The summed E-state index contributed by atoms with van der Waals surface area (Å²) < 4.78 is 5.95. The quantitative estimate of drug-likeness (QED) is 0.371. The maximum atomic E-state index is 5.95. The molecule has 0 atom stereocenters. The van der Waals surface area contributed by atoms with E-state index >= 15 is 0 Å². The van der Waals surface area contributed by atoms with E-state index in [0.29, 0.717) is 0 Å². The summed E-state index contributed by atoms with van der Waals surface area (Å²) in [6.45, 7) is 3.87. The number of rotatable bonds is 2. The maximum Gasteiger partial charge on any atom is 0.150 e. The SMILES string of the molecule is C=Cc1oc2ccc3cc4cc5ccccc5cc4cc3c2c1NC. The summed E-state index contributed by atoms with van der Waals surface area (Å²) in [5.74, 6) is 0.781. The molecule has 0 radical (unpaired) electrons. The van der Waals surface area contributed by atoms with Crippen molar-refractivity contribution in [3.05, 3.63) is 73.0 Å². The van der Waals surface area contributed by atoms with Crippen LogP contribution in [0, 0.1) is 0 Å². The summed E-state index contributed by atoms with van der Waals surface area (Å²) in [6.07, 6.45) is 1.76. The number of nitrogens with one attached hydrogen (secondary N) is 1. The zero-order valence-corrected chi connectivity index (χ0v) is 14.0. The van der Waals surface area contributed by atoms with Crippen LogP contribution in [-0.2, 0) is 0 Å². The van der Waals surface area contributed by atoms with Gasteiger partial charge in [-0.1, -0.05) is 36.9 Å². The fraction of sp³-hybridized carbons (Fsp3) is 0.0435. The zero-order valence-electron chi connectivity index (χ0n) is 14.0. The van der Waals surface area contributed by atoms with Gasteiger partial charge in [0.15, 0.2) is 5.76 Å². The van der Waals surface area contributed by atoms with Gasteiger partial charge < -0.3 is 9.73 Å². The number of hydrogen-bond donors (Lipinski definition) is 1. The molecule has 0 aliphatic heterocycles. The third-order valence-electron chi connectivity index (χ3n) is 4.95. The number of fused-ring (bicyclic) bond motifs is 5. The zero-order chi connectivity index (χ0) is 17.0. The average Bonchev–Trinajstić information content (AvgIpc) is 3.03. The Hall–Kier alpha value is -3.26. The van der Waals surface area contributed by atoms with E-state index in [9.17, 15) is 0 Å². The molecule has 5 aromatic rings. The molecule has 2 nitrogen and oxygen atoms in total. The van der Waals surface area contributed by atoms with Crippen molar-refractivity contribution in [2.75, 3.05) is 12.4 Å². The highest BCUT2D eigenvalue weighted by atomic mass is 16.3. The summed E-state index contributed by atoms with van der Waals surface area (Å²) >= 11 is 0. The van der Waals surface area contributed by atoms with Crippen molar-refractivity contribution in [3.63, 3.8) is 0 Å². The van der Waals surface area contributed by atoms with Crippen molar-refractivity contribution in [1.29, 1.82) is 0 Å². The van der Waals surface area contributed by atoms with Gasteiger partial charge in [-0.3, -0.25) is 0 Å². The molecule has 0 aliphatic rings. The molecule has 1 heterocycles. The molecule has 0 saturated carbocycles. The summed E-state index contributed by atoms with van der Waals surface area (Å²) in [5, 5.41) is 11.8. The van der Waals surface area contributed by atoms with Crippen LogP contribution in [0.1, 0.15) is 5.76 Å². The van der Waals surface area contributed by atoms with E-state index in [0.717, 1.165) is 22.4 Å². The molecule has 0 saturated heterocycles. The highest BCUT2D eigenvalue weighted by Crippen LogP contribution is 2.38. The molecule has 5 rings (SSSR count). The minimum Gasteiger partial charge on any atom is -0.454 e. The first-order chi connectivity index (χ1) is 12.3. The van der Waals surface area contributed by atoms with Crippen LogP contribution in [0.2, 0.25) is 0 Å². The fourth-order valence-corrected chi connectivity index (χ4v) is 3.77. The Morgan fingerprint density at radius 2 is 1.52 bits per heavy atom. The van der Waals surface area contributed by atoms with E-state index in [-0.39, 0.29) is 0 Å². The minimum absolute atomic E-state index is 0.781. The van der Waals surface area contributed by atoms with Crippen molar-refractivity contribution in [3.8, 4) is 0 Å². The van der Waals surface area contributed by atoms with Crippen LogP contribution in [0.5, 0.6) is 0 Å². The Morgan fingerprint density at radius 1 is 0.840 bits per heavy atom. The molecule has 25 heavy (non-hydrogen) atoms. The molecule has 0 bridgehead atoms. The van der Waals surface area contributed by atoms with Crippen molar-refractivity contribution < 1.29 is 4.42 Å². The van der Waals surface area contributed by atoms with Crippen LogP contribution in [0.15, 0.2) is 71.7 Å². The predicted molar refractivity (Wildman–Crippen MR) is 108 cm³/mol. The van der Waals surface area contributed by atoms with Crippen molar-refractivity contribution in [2.24, 2.45) is 0 Å². The first-order valence-electron chi connectivity index (χ1n) is 8.40. The lowest BCUT2D eigenvalue weighted by molar-refractivity contribution is 0.606. The second kappa shape index (κ2) is 5.12. The highest BCUT2D eigenvalue weighted by Gasteiger charge is 2.14. The molecule has 1 N–H and O–H groups in total. The molecular formula is C23H17NO. The van der Waals surface area contributed by atoms with E-state index in [1.165, 1.54) is 32.3 Å². The Morgan fingerprint density at radius 3 is 2.20 bits per heavy atom. The van der Waals surface area contributed by atoms with Crippen molar-refractivity contribution in [2.45, 2.75) is 0 Å². The van der Waals surface area contributed by atoms with Gasteiger partial charge in [-0.15, -0.1) is 0 Å². The maximum absolute atomic E-state index is 5.95. The van der Waals surface area contributed by atoms with Crippen molar-refractivity contribution in [1.82, 2.24) is 0 Å². The standard InChI is InChI=1S/C23H17NO/c1-3-20-23(24-2)22-19-13-18-11-15-7-5-4-6-14(15)10-17(18)12-16(19)8-9-21(22)25-20/h3-13,24H,1H2,2H3. The molecule has 4 aromatic carbocycles. The number of benzene rings is 4. The molecule has 1 aromatic heterocycles. The molecule has 0 unspecified atom stereocenters. The molecule has 120 valence electrons. The van der Waals surface area contributed by atoms with E-state index in [2.05, 4.69) is 66.5 Å². The lowest BCUT2D eigenvalue weighted by Crippen LogP contribution is -1.88. The smallest absolute Gasteiger partial charge is 0.150 e. The van der Waals surface area contributed by atoms with Gasteiger partial charge in [0.05, 0.1) is 11.1 Å². The molecule has 0 amide bonds. The third kappa shape index (κ3) is 1.97. The van der Waals surface area contributed by atoms with E-state index < -0.39 is 0 Å².